The number of aromatic nitrogens is 1. The second-order valence-electron chi connectivity index (χ2n) is 6.20. The minimum atomic E-state index is -0.126. The van der Waals surface area contributed by atoms with Crippen LogP contribution in [-0.2, 0) is 6.42 Å². The van der Waals surface area contributed by atoms with Crippen molar-refractivity contribution in [1.29, 1.82) is 0 Å². The maximum absolute atomic E-state index is 12.8. The summed E-state index contributed by atoms with van der Waals surface area (Å²) >= 11 is 0. The van der Waals surface area contributed by atoms with Gasteiger partial charge in [0.2, 0.25) is 0 Å². The van der Waals surface area contributed by atoms with Gasteiger partial charge in [-0.3, -0.25) is 0 Å². The molecule has 124 valence electrons. The van der Waals surface area contributed by atoms with Crippen LogP contribution in [0, 0.1) is 12.8 Å². The van der Waals surface area contributed by atoms with Gasteiger partial charge in [-0.1, -0.05) is 19.0 Å². The number of urea groups is 1. The van der Waals surface area contributed by atoms with Crippen molar-refractivity contribution in [3.8, 4) is 0 Å². The van der Waals surface area contributed by atoms with Crippen LogP contribution in [0.2, 0.25) is 0 Å². The zero-order valence-corrected chi connectivity index (χ0v) is 13.8. The molecule has 2 atom stereocenters. The van der Waals surface area contributed by atoms with E-state index < -0.39 is 0 Å². The van der Waals surface area contributed by atoms with E-state index in [2.05, 4.69) is 17.4 Å². The van der Waals surface area contributed by atoms with E-state index in [9.17, 15) is 4.79 Å². The molecule has 1 fully saturated rings. The fourth-order valence-electron chi connectivity index (χ4n) is 3.13. The van der Waals surface area contributed by atoms with E-state index in [1.807, 2.05) is 30.9 Å². The zero-order chi connectivity index (χ0) is 16.4. The number of hydrogen-bond donors (Lipinski definition) is 1. The number of likely N-dealkylation sites (tertiary alicyclic amines) is 1. The number of carbonyl (C=O) groups excluding carboxylic acids is 1. The Labute approximate surface area is 135 Å². The molecule has 0 bridgehead atoms. The van der Waals surface area contributed by atoms with Gasteiger partial charge >= 0.3 is 6.03 Å². The number of anilines is 1. The van der Waals surface area contributed by atoms with E-state index in [0.717, 1.165) is 24.3 Å². The summed E-state index contributed by atoms with van der Waals surface area (Å²) in [5.74, 6) is 2.04. The topological polar surface area (TPSA) is 71.5 Å². The standard InChI is InChI=1S/C17H23N3O3/c1-4-13-16(12(3)23-19-13)18-17(21)20-8-7-11(2)10-14(20)15-6-5-9-22-15/h5-6,9,11,14H,4,7-8,10H2,1-3H3,(H,18,21)/t11-,14-/m1/s1. The highest BCUT2D eigenvalue weighted by molar-refractivity contribution is 5.90. The Morgan fingerprint density at radius 1 is 1.52 bits per heavy atom. The number of nitrogens with one attached hydrogen (secondary N) is 1. The molecule has 3 rings (SSSR count). The highest BCUT2D eigenvalue weighted by atomic mass is 16.5. The first-order valence-electron chi connectivity index (χ1n) is 8.16. The number of nitrogens with zero attached hydrogens (tertiary/aromatic N) is 2. The van der Waals surface area contributed by atoms with Gasteiger partial charge < -0.3 is 19.2 Å². The summed E-state index contributed by atoms with van der Waals surface area (Å²) in [5.41, 5.74) is 1.46. The van der Waals surface area contributed by atoms with E-state index in [-0.39, 0.29) is 12.1 Å². The maximum atomic E-state index is 12.8. The Kier molecular flexibility index (Phi) is 4.41. The fourth-order valence-corrected chi connectivity index (χ4v) is 3.13. The third-order valence-electron chi connectivity index (χ3n) is 4.50. The highest BCUT2D eigenvalue weighted by Crippen LogP contribution is 2.35. The molecule has 1 aliphatic heterocycles. The summed E-state index contributed by atoms with van der Waals surface area (Å²) in [6.45, 7) is 6.72. The summed E-state index contributed by atoms with van der Waals surface area (Å²) in [4.78, 5) is 14.7. The number of aryl methyl sites for hydroxylation is 2. The van der Waals surface area contributed by atoms with Crippen molar-refractivity contribution in [1.82, 2.24) is 10.1 Å². The minimum Gasteiger partial charge on any atom is -0.467 e. The quantitative estimate of drug-likeness (QED) is 0.923. The van der Waals surface area contributed by atoms with Crippen molar-refractivity contribution in [3.63, 3.8) is 0 Å². The first-order chi connectivity index (χ1) is 11.1. The predicted octanol–water partition coefficient (Wildman–Crippen LogP) is 4.14. The third kappa shape index (κ3) is 3.11. The van der Waals surface area contributed by atoms with Crippen LogP contribution in [0.3, 0.4) is 0 Å². The van der Waals surface area contributed by atoms with Gasteiger partial charge in [-0.2, -0.15) is 0 Å². The van der Waals surface area contributed by atoms with Gasteiger partial charge in [0.1, 0.15) is 17.1 Å². The monoisotopic (exact) mass is 317 g/mol. The van der Waals surface area contributed by atoms with Crippen molar-refractivity contribution < 1.29 is 13.7 Å². The Morgan fingerprint density at radius 3 is 3.04 bits per heavy atom. The Hall–Kier alpha value is -2.24. The number of rotatable bonds is 3. The zero-order valence-electron chi connectivity index (χ0n) is 13.8. The molecule has 0 spiro atoms. The fraction of sp³-hybridized carbons (Fsp3) is 0.529. The summed E-state index contributed by atoms with van der Waals surface area (Å²) in [6, 6.07) is 3.65. The van der Waals surface area contributed by atoms with Gasteiger partial charge in [-0.05, 0) is 44.2 Å². The molecule has 6 heteroatoms. The average molecular weight is 317 g/mol. The largest absolute Gasteiger partial charge is 0.467 e. The average Bonchev–Trinajstić information content (AvgIpc) is 3.18. The molecule has 2 aromatic heterocycles. The summed E-state index contributed by atoms with van der Waals surface area (Å²) < 4.78 is 10.7. The lowest BCUT2D eigenvalue weighted by Crippen LogP contribution is -2.43. The first-order valence-corrected chi connectivity index (χ1v) is 8.16. The van der Waals surface area contributed by atoms with Crippen LogP contribution in [0.15, 0.2) is 27.3 Å². The predicted molar refractivity (Wildman–Crippen MR) is 86.2 cm³/mol. The van der Waals surface area contributed by atoms with Gasteiger partial charge in [-0.25, -0.2) is 4.79 Å². The van der Waals surface area contributed by atoms with Gasteiger partial charge in [0.05, 0.1) is 12.3 Å². The smallest absolute Gasteiger partial charge is 0.322 e. The van der Waals surface area contributed by atoms with Crippen LogP contribution in [0.4, 0.5) is 10.5 Å². The molecule has 0 saturated carbocycles. The third-order valence-corrected chi connectivity index (χ3v) is 4.50. The number of piperidine rings is 1. The molecule has 0 aliphatic carbocycles. The Bertz CT molecular complexity index is 663. The van der Waals surface area contributed by atoms with Crippen LogP contribution in [0.25, 0.3) is 0 Å². The van der Waals surface area contributed by atoms with Crippen molar-refractivity contribution in [3.05, 3.63) is 35.6 Å². The molecule has 1 saturated heterocycles. The second-order valence-corrected chi connectivity index (χ2v) is 6.20. The van der Waals surface area contributed by atoms with Gasteiger partial charge in [0.25, 0.3) is 0 Å². The molecule has 6 nitrogen and oxygen atoms in total. The molecule has 0 aromatic carbocycles. The van der Waals surface area contributed by atoms with Crippen LogP contribution in [0.5, 0.6) is 0 Å². The maximum Gasteiger partial charge on any atom is 0.322 e. The highest BCUT2D eigenvalue weighted by Gasteiger charge is 2.33. The van der Waals surface area contributed by atoms with Gasteiger partial charge in [-0.15, -0.1) is 0 Å². The molecule has 0 radical (unpaired) electrons. The number of hydrogen-bond acceptors (Lipinski definition) is 4. The molecule has 1 N–H and O–H groups in total. The molecule has 2 aromatic rings. The van der Waals surface area contributed by atoms with Crippen LogP contribution in [0.1, 0.15) is 49.9 Å². The van der Waals surface area contributed by atoms with Crippen LogP contribution >= 0.6 is 0 Å². The van der Waals surface area contributed by atoms with E-state index >= 15 is 0 Å². The molecule has 0 unspecified atom stereocenters. The lowest BCUT2D eigenvalue weighted by molar-refractivity contribution is 0.129. The lowest BCUT2D eigenvalue weighted by atomic mass is 9.91. The molecule has 23 heavy (non-hydrogen) atoms. The normalized spacial score (nSPS) is 21.4. The van der Waals surface area contributed by atoms with E-state index in [4.69, 9.17) is 8.94 Å². The first kappa shape index (κ1) is 15.6. The van der Waals surface area contributed by atoms with Crippen molar-refractivity contribution >= 4 is 11.7 Å². The lowest BCUT2D eigenvalue weighted by Gasteiger charge is -2.37. The Morgan fingerprint density at radius 2 is 2.35 bits per heavy atom. The second kappa shape index (κ2) is 6.48. The Balaban J connectivity index is 1.80. The van der Waals surface area contributed by atoms with Crippen molar-refractivity contribution in [2.24, 2.45) is 5.92 Å². The van der Waals surface area contributed by atoms with E-state index in [1.54, 1.807) is 6.26 Å². The minimum absolute atomic E-state index is 0.0287. The number of amides is 2. The van der Waals surface area contributed by atoms with E-state index in [0.29, 0.717) is 30.3 Å². The van der Waals surface area contributed by atoms with Gasteiger partial charge in [0.15, 0.2) is 5.76 Å². The summed E-state index contributed by atoms with van der Waals surface area (Å²) in [5, 5.41) is 6.96. The summed E-state index contributed by atoms with van der Waals surface area (Å²) in [6.07, 6.45) is 4.27. The number of furan rings is 1. The van der Waals surface area contributed by atoms with Crippen molar-refractivity contribution in [2.75, 3.05) is 11.9 Å². The molecule has 1 aliphatic rings. The number of carbonyl (C=O) groups is 1. The van der Waals surface area contributed by atoms with Crippen LogP contribution in [-0.4, -0.2) is 22.6 Å². The molecular weight excluding hydrogens is 294 g/mol. The molecule has 2 amide bonds. The van der Waals surface area contributed by atoms with E-state index in [1.165, 1.54) is 0 Å². The van der Waals surface area contributed by atoms with Crippen molar-refractivity contribution in [2.45, 2.75) is 46.1 Å². The molecular formula is C17H23N3O3. The summed E-state index contributed by atoms with van der Waals surface area (Å²) in [7, 11) is 0. The van der Waals surface area contributed by atoms with Crippen LogP contribution < -0.4 is 5.32 Å². The van der Waals surface area contributed by atoms with Gasteiger partial charge in [0, 0.05) is 6.54 Å². The SMILES string of the molecule is CCc1noc(C)c1NC(=O)N1CC[C@@H](C)C[C@@H]1c1ccco1. The molecule has 3 heterocycles.